The molecule has 0 N–H and O–H groups in total. The van der Waals surface area contributed by atoms with Crippen LogP contribution >= 0.6 is 0 Å². The molecule has 0 fully saturated rings. The maximum absolute atomic E-state index is 10.8. The van der Waals surface area contributed by atoms with Crippen molar-refractivity contribution in [2.24, 2.45) is 4.99 Å². The van der Waals surface area contributed by atoms with Crippen LogP contribution in [-0.4, -0.2) is 16.1 Å². The third-order valence-corrected chi connectivity index (χ3v) is 4.43. The van der Waals surface area contributed by atoms with Gasteiger partial charge in [0, 0.05) is 23.9 Å². The smallest absolute Gasteiger partial charge is 0.270 e. The highest BCUT2D eigenvalue weighted by atomic mass is 16.6. The van der Waals surface area contributed by atoms with Crippen molar-refractivity contribution < 1.29 is 9.34 Å². The molecule has 0 amide bonds. The Balaban J connectivity index is 1.53. The highest BCUT2D eigenvalue weighted by Crippen LogP contribution is 2.28. The number of fused-ring (bicyclic) bond motifs is 1. The van der Waals surface area contributed by atoms with Gasteiger partial charge in [-0.2, -0.15) is 0 Å². The zero-order chi connectivity index (χ0) is 20.2. The number of oxazole rings is 1. The Morgan fingerprint density at radius 1 is 1.07 bits per heavy atom. The van der Waals surface area contributed by atoms with Gasteiger partial charge in [0.05, 0.1) is 10.6 Å². The monoisotopic (exact) mass is 383 g/mol. The lowest BCUT2D eigenvalue weighted by Gasteiger charge is -1.98. The van der Waals surface area contributed by atoms with Crippen molar-refractivity contribution >= 4 is 34.8 Å². The number of nitrogens with zero attached hydrogens (tertiary/aromatic N) is 3. The van der Waals surface area contributed by atoms with Crippen molar-refractivity contribution in [3.63, 3.8) is 0 Å². The number of benzene rings is 3. The number of rotatable bonds is 5. The topological polar surface area (TPSA) is 81.5 Å². The van der Waals surface area contributed by atoms with E-state index < -0.39 is 4.92 Å². The first kappa shape index (κ1) is 18.3. The normalized spacial score (nSPS) is 11.6. The van der Waals surface area contributed by atoms with E-state index in [0.717, 1.165) is 27.9 Å². The van der Waals surface area contributed by atoms with Gasteiger partial charge in [0.15, 0.2) is 5.58 Å². The third-order valence-electron chi connectivity index (χ3n) is 4.43. The highest BCUT2D eigenvalue weighted by Gasteiger charge is 2.10. The molecule has 0 spiro atoms. The molecule has 0 unspecified atom stereocenters. The van der Waals surface area contributed by atoms with Crippen molar-refractivity contribution in [3.05, 3.63) is 94.0 Å². The molecule has 6 heteroatoms. The molecule has 29 heavy (non-hydrogen) atoms. The summed E-state index contributed by atoms with van der Waals surface area (Å²) in [7, 11) is 0. The minimum atomic E-state index is -0.413. The number of nitro benzene ring substituents is 1. The third kappa shape index (κ3) is 4.11. The van der Waals surface area contributed by atoms with Gasteiger partial charge < -0.3 is 4.42 Å². The first-order valence-electron chi connectivity index (χ1n) is 9.02. The fraction of sp³-hybridized carbons (Fsp3) is 0.0435. The van der Waals surface area contributed by atoms with Gasteiger partial charge in [-0.05, 0) is 48.4 Å². The Kier molecular flexibility index (Phi) is 4.99. The van der Waals surface area contributed by atoms with Gasteiger partial charge >= 0.3 is 0 Å². The Labute approximate surface area is 167 Å². The molecule has 1 heterocycles. The van der Waals surface area contributed by atoms with Crippen LogP contribution in [0.5, 0.6) is 0 Å². The van der Waals surface area contributed by atoms with Gasteiger partial charge in [-0.15, -0.1) is 0 Å². The van der Waals surface area contributed by atoms with E-state index in [-0.39, 0.29) is 5.69 Å². The van der Waals surface area contributed by atoms with E-state index in [1.165, 1.54) is 12.1 Å². The van der Waals surface area contributed by atoms with Crippen LogP contribution in [-0.2, 0) is 0 Å². The average molecular weight is 383 g/mol. The Bertz CT molecular complexity index is 1260. The Morgan fingerprint density at radius 3 is 2.76 bits per heavy atom. The standard InChI is InChI=1S/C23H17N3O3/c1-16-6-2-3-10-20(16)23-25-21-15-18(11-12-22(21)29-23)24-13-5-8-17-7-4-9-19(14-17)26(27)28/h2-15H,1H3/b8-5+,24-13?. The lowest BCUT2D eigenvalue weighted by atomic mass is 10.1. The van der Waals surface area contributed by atoms with Crippen molar-refractivity contribution in [2.75, 3.05) is 0 Å². The molecule has 3 aromatic carbocycles. The van der Waals surface area contributed by atoms with E-state index in [9.17, 15) is 10.1 Å². The maximum Gasteiger partial charge on any atom is 0.270 e. The molecule has 142 valence electrons. The second-order valence-corrected chi connectivity index (χ2v) is 6.48. The summed E-state index contributed by atoms with van der Waals surface area (Å²) >= 11 is 0. The molecule has 0 aliphatic rings. The number of aryl methyl sites for hydroxylation is 1. The summed E-state index contributed by atoms with van der Waals surface area (Å²) < 4.78 is 5.87. The van der Waals surface area contributed by atoms with E-state index >= 15 is 0 Å². The lowest BCUT2D eigenvalue weighted by molar-refractivity contribution is -0.384. The summed E-state index contributed by atoms with van der Waals surface area (Å²) in [4.78, 5) is 19.4. The molecule has 0 atom stereocenters. The molecule has 6 nitrogen and oxygen atoms in total. The summed E-state index contributed by atoms with van der Waals surface area (Å²) in [5, 5.41) is 10.8. The van der Waals surface area contributed by atoms with Crippen LogP contribution in [0.4, 0.5) is 11.4 Å². The van der Waals surface area contributed by atoms with Crippen LogP contribution in [0.1, 0.15) is 11.1 Å². The van der Waals surface area contributed by atoms with Gasteiger partial charge in [0.1, 0.15) is 5.52 Å². The minimum Gasteiger partial charge on any atom is -0.436 e. The molecule has 0 radical (unpaired) electrons. The molecular formula is C23H17N3O3. The summed E-state index contributed by atoms with van der Waals surface area (Å²) in [6.45, 7) is 2.02. The molecule has 1 aromatic heterocycles. The molecule has 0 aliphatic heterocycles. The van der Waals surface area contributed by atoms with E-state index in [4.69, 9.17) is 4.42 Å². The highest BCUT2D eigenvalue weighted by molar-refractivity contribution is 5.84. The van der Waals surface area contributed by atoms with Crippen LogP contribution < -0.4 is 0 Å². The molecule has 0 saturated carbocycles. The number of hydrogen-bond acceptors (Lipinski definition) is 5. The number of aromatic nitrogens is 1. The van der Waals surface area contributed by atoms with E-state index in [1.807, 2.05) is 49.4 Å². The number of aliphatic imine (C=N–C) groups is 1. The molecule has 4 rings (SSSR count). The van der Waals surface area contributed by atoms with Gasteiger partial charge in [-0.25, -0.2) is 4.98 Å². The minimum absolute atomic E-state index is 0.0602. The first-order chi connectivity index (χ1) is 14.1. The Morgan fingerprint density at radius 2 is 1.93 bits per heavy atom. The van der Waals surface area contributed by atoms with Crippen molar-refractivity contribution in [1.82, 2.24) is 4.98 Å². The van der Waals surface area contributed by atoms with Crippen molar-refractivity contribution in [3.8, 4) is 11.5 Å². The zero-order valence-electron chi connectivity index (χ0n) is 15.6. The number of nitro groups is 1. The van der Waals surface area contributed by atoms with Crippen LogP contribution in [0, 0.1) is 17.0 Å². The average Bonchev–Trinajstić information content (AvgIpc) is 3.15. The van der Waals surface area contributed by atoms with Gasteiger partial charge in [0.25, 0.3) is 5.69 Å². The summed E-state index contributed by atoms with van der Waals surface area (Å²) in [6.07, 6.45) is 5.15. The number of hydrogen-bond donors (Lipinski definition) is 0. The van der Waals surface area contributed by atoms with Crippen LogP contribution in [0.25, 0.3) is 28.6 Å². The predicted molar refractivity (Wildman–Crippen MR) is 114 cm³/mol. The van der Waals surface area contributed by atoms with E-state index in [1.54, 1.807) is 30.5 Å². The Hall–Kier alpha value is -4.06. The fourth-order valence-electron chi connectivity index (χ4n) is 2.95. The number of allylic oxidation sites excluding steroid dienone is 1. The van der Waals surface area contributed by atoms with Gasteiger partial charge in [-0.1, -0.05) is 36.4 Å². The van der Waals surface area contributed by atoms with Crippen molar-refractivity contribution in [2.45, 2.75) is 6.92 Å². The lowest BCUT2D eigenvalue weighted by Crippen LogP contribution is -1.87. The predicted octanol–water partition coefficient (Wildman–Crippen LogP) is 6.13. The van der Waals surface area contributed by atoms with Crippen molar-refractivity contribution in [1.29, 1.82) is 0 Å². The SMILES string of the molecule is Cc1ccccc1-c1nc2cc(N=C/C=C/c3cccc([N+](=O)[O-])c3)ccc2o1. The van der Waals surface area contributed by atoms with E-state index in [0.29, 0.717) is 11.5 Å². The molecule has 0 bridgehead atoms. The zero-order valence-corrected chi connectivity index (χ0v) is 15.6. The summed E-state index contributed by atoms with van der Waals surface area (Å²) in [5.41, 5.74) is 5.04. The molecular weight excluding hydrogens is 366 g/mol. The second kappa shape index (κ2) is 7.90. The number of non-ortho nitro benzene ring substituents is 1. The maximum atomic E-state index is 10.8. The van der Waals surface area contributed by atoms with Gasteiger partial charge in [-0.3, -0.25) is 15.1 Å². The first-order valence-corrected chi connectivity index (χ1v) is 9.02. The summed E-state index contributed by atoms with van der Waals surface area (Å²) in [6, 6.07) is 19.9. The fourth-order valence-corrected chi connectivity index (χ4v) is 2.95. The van der Waals surface area contributed by atoms with Crippen LogP contribution in [0.2, 0.25) is 0 Å². The van der Waals surface area contributed by atoms with Gasteiger partial charge in [0.2, 0.25) is 5.89 Å². The van der Waals surface area contributed by atoms with Crippen LogP contribution in [0.3, 0.4) is 0 Å². The largest absolute Gasteiger partial charge is 0.436 e. The molecule has 4 aromatic rings. The summed E-state index contributed by atoms with van der Waals surface area (Å²) in [5.74, 6) is 0.588. The van der Waals surface area contributed by atoms with Crippen LogP contribution in [0.15, 0.2) is 82.2 Å². The van der Waals surface area contributed by atoms with E-state index in [2.05, 4.69) is 9.98 Å². The quantitative estimate of drug-likeness (QED) is 0.236. The molecule has 0 saturated heterocycles. The second-order valence-electron chi connectivity index (χ2n) is 6.48. The molecule has 0 aliphatic carbocycles.